The molecule has 2 aromatic rings. The third-order valence-corrected chi connectivity index (χ3v) is 14.8. The van der Waals surface area contributed by atoms with Gasteiger partial charge in [-0.1, -0.05) is 44.0 Å². The van der Waals surface area contributed by atoms with Crippen LogP contribution in [0.2, 0.25) is 5.02 Å². The number of halogens is 1. The number of hydrogen-bond acceptors (Lipinski definition) is 10. The minimum absolute atomic E-state index is 0.153. The summed E-state index contributed by atoms with van der Waals surface area (Å²) in [7, 11) is -2.39. The van der Waals surface area contributed by atoms with E-state index >= 15 is 0 Å². The Kier molecular flexibility index (Phi) is 10.0. The number of pyridine rings is 1. The van der Waals surface area contributed by atoms with E-state index in [4.69, 9.17) is 31.1 Å². The van der Waals surface area contributed by atoms with Gasteiger partial charge in [0.25, 0.3) is 5.91 Å². The first-order chi connectivity index (χ1) is 24.7. The smallest absolute Gasteiger partial charge is 0.259 e. The second-order valence-corrected chi connectivity index (χ2v) is 18.8. The molecule has 3 aliphatic heterocycles. The van der Waals surface area contributed by atoms with Crippen LogP contribution in [-0.2, 0) is 24.4 Å². The Bertz CT molecular complexity index is 1970. The Hall–Kier alpha value is -3.36. The van der Waals surface area contributed by atoms with Crippen LogP contribution in [0, 0.1) is 11.8 Å². The van der Waals surface area contributed by atoms with Crippen molar-refractivity contribution in [3.8, 4) is 11.5 Å². The number of nitrogens with zero attached hydrogens (tertiary/aromatic N) is 3. The van der Waals surface area contributed by atoms with Crippen molar-refractivity contribution >= 4 is 67.1 Å². The fourth-order valence-electron chi connectivity index (χ4n) is 7.22. The number of hydrogen-bond donors (Lipinski definition) is 2. The first kappa shape index (κ1) is 37.0. The number of fused-ring (bicyclic) bond motifs is 3. The van der Waals surface area contributed by atoms with Crippen LogP contribution in [0.3, 0.4) is 0 Å². The van der Waals surface area contributed by atoms with E-state index in [1.54, 1.807) is 36.8 Å². The average molecular weight is 772 g/mol. The van der Waals surface area contributed by atoms with Crippen LogP contribution in [0.4, 0.5) is 0 Å². The molecule has 5 aliphatic rings. The van der Waals surface area contributed by atoms with Gasteiger partial charge in [0.05, 0.1) is 35.7 Å². The van der Waals surface area contributed by atoms with Crippen molar-refractivity contribution in [2.45, 2.75) is 107 Å². The minimum Gasteiger partial charge on any atom is -0.495 e. The van der Waals surface area contributed by atoms with Crippen LogP contribution in [0.25, 0.3) is 10.9 Å². The molecule has 1 saturated heterocycles. The summed E-state index contributed by atoms with van der Waals surface area (Å²) < 4.78 is 39.6. The van der Waals surface area contributed by atoms with Crippen molar-refractivity contribution in [2.24, 2.45) is 16.8 Å². The average Bonchev–Trinajstić information content (AvgIpc) is 3.87. The summed E-state index contributed by atoms with van der Waals surface area (Å²) in [5.41, 5.74) is -0.317. The third kappa shape index (κ3) is 7.02. The van der Waals surface area contributed by atoms with Gasteiger partial charge >= 0.3 is 0 Å². The normalized spacial score (nSPS) is 29.4. The van der Waals surface area contributed by atoms with Crippen molar-refractivity contribution in [3.05, 3.63) is 41.1 Å². The highest BCUT2D eigenvalue weighted by atomic mass is 35.5. The van der Waals surface area contributed by atoms with Gasteiger partial charge in [-0.2, -0.15) is 0 Å². The number of carbonyl (C=O) groups is 3. The Morgan fingerprint density at radius 1 is 1.17 bits per heavy atom. The van der Waals surface area contributed by atoms with Gasteiger partial charge < -0.3 is 19.7 Å². The van der Waals surface area contributed by atoms with Crippen molar-refractivity contribution in [1.82, 2.24) is 19.9 Å². The number of thioether (sulfide) groups is 1. The van der Waals surface area contributed by atoms with Gasteiger partial charge in [-0.15, -0.1) is 11.8 Å². The minimum atomic E-state index is -3.93. The number of aliphatic imine (C=N–C) groups is 1. The molecular weight excluding hydrogens is 726 g/mol. The number of rotatable bonds is 8. The second-order valence-electron chi connectivity index (χ2n) is 15.3. The highest BCUT2D eigenvalue weighted by Gasteiger charge is 2.63. The Balaban J connectivity index is 1.19. The molecule has 1 aromatic carbocycles. The molecule has 0 spiro atoms. The van der Waals surface area contributed by atoms with Crippen LogP contribution in [0.5, 0.6) is 11.5 Å². The van der Waals surface area contributed by atoms with Gasteiger partial charge in [0.2, 0.25) is 21.8 Å². The molecule has 280 valence electrons. The van der Waals surface area contributed by atoms with E-state index in [1.165, 1.54) is 0 Å². The summed E-state index contributed by atoms with van der Waals surface area (Å²) in [6.07, 6.45) is 8.11. The molecule has 1 unspecified atom stereocenters. The van der Waals surface area contributed by atoms with Crippen LogP contribution in [0.1, 0.15) is 84.3 Å². The molecule has 7 rings (SSSR count). The van der Waals surface area contributed by atoms with Gasteiger partial charge in [0.15, 0.2) is 0 Å². The number of carbonyl (C=O) groups excluding carboxylic acids is 3. The molecule has 2 saturated carbocycles. The third-order valence-electron chi connectivity index (χ3n) is 11.1. The molecular formula is C37H46ClN5O7S2. The van der Waals surface area contributed by atoms with E-state index in [1.807, 2.05) is 24.3 Å². The Labute approximate surface area is 313 Å². The van der Waals surface area contributed by atoms with Gasteiger partial charge in [0.1, 0.15) is 39.3 Å². The first-order valence-corrected chi connectivity index (χ1v) is 21.0. The lowest BCUT2D eigenvalue weighted by Crippen LogP contribution is -2.57. The molecule has 0 radical (unpaired) electrons. The molecule has 15 heteroatoms. The van der Waals surface area contributed by atoms with Crippen LogP contribution < -0.4 is 19.5 Å². The van der Waals surface area contributed by atoms with Crippen LogP contribution >= 0.6 is 23.4 Å². The summed E-state index contributed by atoms with van der Waals surface area (Å²) >= 11 is 8.43. The molecule has 1 aromatic heterocycles. The number of amides is 3. The van der Waals surface area contributed by atoms with Crippen molar-refractivity contribution in [1.29, 1.82) is 0 Å². The number of nitrogens with one attached hydrogen (secondary N) is 2. The quantitative estimate of drug-likeness (QED) is 0.347. The topological polar surface area (TPSA) is 156 Å². The van der Waals surface area contributed by atoms with E-state index in [-0.39, 0.29) is 43.7 Å². The predicted molar refractivity (Wildman–Crippen MR) is 201 cm³/mol. The lowest BCUT2D eigenvalue weighted by Gasteiger charge is -2.27. The maximum absolute atomic E-state index is 14.2. The van der Waals surface area contributed by atoms with E-state index in [0.29, 0.717) is 58.3 Å². The van der Waals surface area contributed by atoms with Gasteiger partial charge in [-0.05, 0) is 63.5 Å². The maximum Gasteiger partial charge on any atom is 0.259 e. The first-order valence-electron chi connectivity index (χ1n) is 18.1. The molecule has 52 heavy (non-hydrogen) atoms. The monoisotopic (exact) mass is 771 g/mol. The van der Waals surface area contributed by atoms with Gasteiger partial charge in [0, 0.05) is 36.0 Å². The highest BCUT2D eigenvalue weighted by Crippen LogP contribution is 2.48. The molecule has 5 atom stereocenters. The van der Waals surface area contributed by atoms with E-state index in [0.717, 1.165) is 30.1 Å². The summed E-state index contributed by atoms with van der Waals surface area (Å²) in [5, 5.41) is 4.70. The van der Waals surface area contributed by atoms with E-state index in [2.05, 4.69) is 23.9 Å². The number of aromatic nitrogens is 1. The van der Waals surface area contributed by atoms with Crippen molar-refractivity contribution in [2.75, 3.05) is 19.4 Å². The summed E-state index contributed by atoms with van der Waals surface area (Å²) in [6.45, 7) is 6.04. The zero-order valence-corrected chi connectivity index (χ0v) is 32.3. The zero-order valence-electron chi connectivity index (χ0n) is 29.9. The molecule has 12 nitrogen and oxygen atoms in total. The lowest BCUT2D eigenvalue weighted by molar-refractivity contribution is -0.139. The largest absolute Gasteiger partial charge is 0.495 e. The van der Waals surface area contributed by atoms with Crippen molar-refractivity contribution in [3.63, 3.8) is 0 Å². The summed E-state index contributed by atoms with van der Waals surface area (Å²) in [4.78, 5) is 53.0. The Morgan fingerprint density at radius 3 is 2.67 bits per heavy atom. The summed E-state index contributed by atoms with van der Waals surface area (Å²) in [5.74, 6) is 0.379. The number of allylic oxidation sites excluding steroid dienone is 1. The SMILES string of the molecule is COc1ccc2c(O[C@@H]3C[C@H]4C(=O)N[C@]5(C(=O)NS(=O)(=O)C6(C)CC6)C[C@H]5/C=C\CCCCCC(=O)N4C3)cc(C3=NC(C(C)C)CS3)nc2c1Cl. The summed E-state index contributed by atoms with van der Waals surface area (Å²) in [6, 6.07) is 4.65. The lowest BCUT2D eigenvalue weighted by atomic mass is 10.1. The number of sulfonamides is 1. The predicted octanol–water partition coefficient (Wildman–Crippen LogP) is 5.16. The fourth-order valence-corrected chi connectivity index (χ4v) is 10.1. The molecule has 2 aliphatic carbocycles. The van der Waals surface area contributed by atoms with Gasteiger partial charge in [-0.3, -0.25) is 24.1 Å². The maximum atomic E-state index is 14.2. The molecule has 0 bridgehead atoms. The van der Waals surface area contributed by atoms with Crippen molar-refractivity contribution < 1.29 is 32.3 Å². The number of methoxy groups -OCH3 is 1. The Morgan fingerprint density at radius 2 is 1.96 bits per heavy atom. The zero-order chi connectivity index (χ0) is 37.0. The second kappa shape index (κ2) is 14.1. The standard InChI is InChI=1S/C37H46ClN5O7S2/c1-21(2)26-20-51-34(40-26)25-17-29(24-12-13-28(49-4)31(38)32(24)39-25)50-23-16-27-33(45)41-37(35(46)42-52(47,48)36(3)14-15-36)18-22(37)10-8-6-5-7-9-11-30(44)43(27)19-23/h8,10,12-13,17,21-23,26-27H,5-7,9,11,14-16,18-20H2,1-4H3,(H,41,45)(H,42,46)/b10-8-/t22-,23-,26?,27+,37-/m1/s1. The number of benzene rings is 1. The molecule has 3 amide bonds. The van der Waals surface area contributed by atoms with E-state index < -0.39 is 44.3 Å². The molecule has 3 fully saturated rings. The molecule has 2 N–H and O–H groups in total. The van der Waals surface area contributed by atoms with Gasteiger partial charge in [-0.25, -0.2) is 13.4 Å². The molecule has 4 heterocycles. The fraction of sp³-hybridized carbons (Fsp3) is 0.595. The van der Waals surface area contributed by atoms with E-state index in [9.17, 15) is 22.8 Å². The van der Waals surface area contributed by atoms with Crippen LogP contribution in [0.15, 0.2) is 35.3 Å². The highest BCUT2D eigenvalue weighted by molar-refractivity contribution is 8.14. The van der Waals surface area contributed by atoms with Crippen LogP contribution in [-0.4, -0.2) is 88.9 Å². The number of ether oxygens (including phenoxy) is 2.